The van der Waals surface area contributed by atoms with Crippen LogP contribution in [0.3, 0.4) is 0 Å². The average Bonchev–Trinajstić information content (AvgIpc) is 2.86. The van der Waals surface area contributed by atoms with Gasteiger partial charge in [-0.25, -0.2) is 4.79 Å². The standard InChI is InChI=1S/C15H20Cl2N2O2/c1-2-7-19(8-9-20)15(21)18-13-6-4-11-10(13)3-5-12(16)14(11)17/h3,5,13,20H,2,4,6-9H2,1H3,(H,18,21). The number of fused-ring (bicyclic) bond motifs is 1. The molecular formula is C15H20Cl2N2O2. The van der Waals surface area contributed by atoms with Crippen LogP contribution >= 0.6 is 23.2 Å². The SMILES string of the molecule is CCCN(CCO)C(=O)NC1CCc2c1ccc(Cl)c2Cl. The summed E-state index contributed by atoms with van der Waals surface area (Å²) in [6, 6.07) is 3.51. The van der Waals surface area contributed by atoms with Gasteiger partial charge in [-0.2, -0.15) is 0 Å². The van der Waals surface area contributed by atoms with E-state index in [-0.39, 0.29) is 18.7 Å². The highest BCUT2D eigenvalue weighted by atomic mass is 35.5. The van der Waals surface area contributed by atoms with Crippen molar-refractivity contribution < 1.29 is 9.90 Å². The van der Waals surface area contributed by atoms with Crippen molar-refractivity contribution in [3.05, 3.63) is 33.3 Å². The number of hydrogen-bond donors (Lipinski definition) is 2. The van der Waals surface area contributed by atoms with E-state index in [1.807, 2.05) is 13.0 Å². The van der Waals surface area contributed by atoms with Gasteiger partial charge >= 0.3 is 6.03 Å². The highest BCUT2D eigenvalue weighted by Crippen LogP contribution is 2.39. The van der Waals surface area contributed by atoms with E-state index in [4.69, 9.17) is 28.3 Å². The van der Waals surface area contributed by atoms with Crippen LogP contribution in [0.25, 0.3) is 0 Å². The number of carbonyl (C=O) groups excluding carboxylic acids is 1. The Hall–Kier alpha value is -0.970. The Labute approximate surface area is 135 Å². The van der Waals surface area contributed by atoms with E-state index in [9.17, 15) is 4.79 Å². The summed E-state index contributed by atoms with van der Waals surface area (Å²) in [6.07, 6.45) is 2.49. The van der Waals surface area contributed by atoms with E-state index in [1.165, 1.54) is 0 Å². The van der Waals surface area contributed by atoms with Crippen molar-refractivity contribution in [2.24, 2.45) is 0 Å². The largest absolute Gasteiger partial charge is 0.395 e. The molecule has 0 saturated heterocycles. The summed E-state index contributed by atoms with van der Waals surface area (Å²) in [5, 5.41) is 13.2. The Balaban J connectivity index is 2.09. The van der Waals surface area contributed by atoms with Crippen molar-refractivity contribution in [1.29, 1.82) is 0 Å². The number of hydrogen-bond acceptors (Lipinski definition) is 2. The number of amides is 2. The fourth-order valence-corrected chi connectivity index (χ4v) is 3.17. The first-order chi connectivity index (χ1) is 10.1. The Kier molecular flexibility index (Phi) is 5.73. The first-order valence-corrected chi connectivity index (χ1v) is 7.97. The predicted molar refractivity (Wildman–Crippen MR) is 85.0 cm³/mol. The van der Waals surface area contributed by atoms with E-state index < -0.39 is 0 Å². The minimum absolute atomic E-state index is 0.0316. The van der Waals surface area contributed by atoms with E-state index in [0.29, 0.717) is 23.1 Å². The number of aliphatic hydroxyl groups excluding tert-OH is 1. The van der Waals surface area contributed by atoms with Gasteiger partial charge < -0.3 is 15.3 Å². The monoisotopic (exact) mass is 330 g/mol. The van der Waals surface area contributed by atoms with E-state index in [1.54, 1.807) is 11.0 Å². The lowest BCUT2D eigenvalue weighted by molar-refractivity contribution is 0.174. The molecular weight excluding hydrogens is 311 g/mol. The molecule has 1 aromatic carbocycles. The minimum atomic E-state index is -0.144. The van der Waals surface area contributed by atoms with Crippen LogP contribution in [0.1, 0.15) is 36.9 Å². The third kappa shape index (κ3) is 3.62. The minimum Gasteiger partial charge on any atom is -0.395 e. The Bertz CT molecular complexity index is 517. The van der Waals surface area contributed by atoms with Gasteiger partial charge in [-0.15, -0.1) is 0 Å². The van der Waals surface area contributed by atoms with Gasteiger partial charge in [0.1, 0.15) is 0 Å². The van der Waals surface area contributed by atoms with Crippen molar-refractivity contribution in [3.63, 3.8) is 0 Å². The second-order valence-electron chi connectivity index (χ2n) is 5.18. The van der Waals surface area contributed by atoms with Crippen molar-refractivity contribution >= 4 is 29.2 Å². The smallest absolute Gasteiger partial charge is 0.317 e. The zero-order valence-electron chi connectivity index (χ0n) is 12.0. The summed E-state index contributed by atoms with van der Waals surface area (Å²) in [7, 11) is 0. The zero-order chi connectivity index (χ0) is 15.4. The van der Waals surface area contributed by atoms with Crippen LogP contribution in [0, 0.1) is 0 Å². The van der Waals surface area contributed by atoms with Crippen LogP contribution in [0.2, 0.25) is 10.0 Å². The highest BCUT2D eigenvalue weighted by molar-refractivity contribution is 6.42. The van der Waals surface area contributed by atoms with Crippen LogP contribution in [0.4, 0.5) is 4.79 Å². The molecule has 1 unspecified atom stereocenters. The second kappa shape index (κ2) is 7.34. The maximum Gasteiger partial charge on any atom is 0.317 e. The average molecular weight is 331 g/mol. The zero-order valence-corrected chi connectivity index (χ0v) is 13.5. The summed E-state index contributed by atoms with van der Waals surface area (Å²) in [6.45, 7) is 2.95. The fourth-order valence-electron chi connectivity index (χ4n) is 2.73. The van der Waals surface area contributed by atoms with Crippen LogP contribution in [0.5, 0.6) is 0 Å². The molecule has 116 valence electrons. The van der Waals surface area contributed by atoms with Crippen LogP contribution in [0.15, 0.2) is 12.1 Å². The van der Waals surface area contributed by atoms with Crippen molar-refractivity contribution in [2.45, 2.75) is 32.2 Å². The lowest BCUT2D eigenvalue weighted by Crippen LogP contribution is -2.43. The molecule has 2 amide bonds. The molecule has 0 spiro atoms. The first kappa shape index (κ1) is 16.4. The topological polar surface area (TPSA) is 52.6 Å². The number of carbonyl (C=O) groups is 1. The maximum absolute atomic E-state index is 12.3. The number of rotatable bonds is 5. The van der Waals surface area contributed by atoms with Gasteiger partial charge in [-0.3, -0.25) is 0 Å². The van der Waals surface area contributed by atoms with Crippen LogP contribution < -0.4 is 5.32 Å². The summed E-state index contributed by atoms with van der Waals surface area (Å²) >= 11 is 12.2. The van der Waals surface area contributed by atoms with Crippen molar-refractivity contribution in [3.8, 4) is 0 Å². The molecule has 0 aromatic heterocycles. The molecule has 1 aromatic rings. The third-order valence-corrected chi connectivity index (χ3v) is 4.58. The van der Waals surface area contributed by atoms with E-state index in [0.717, 1.165) is 30.4 Å². The van der Waals surface area contributed by atoms with Gasteiger partial charge in [0.15, 0.2) is 0 Å². The second-order valence-corrected chi connectivity index (χ2v) is 5.97. The number of benzene rings is 1. The summed E-state index contributed by atoms with van der Waals surface area (Å²) < 4.78 is 0. The fraction of sp³-hybridized carbons (Fsp3) is 0.533. The van der Waals surface area contributed by atoms with E-state index >= 15 is 0 Å². The molecule has 4 nitrogen and oxygen atoms in total. The lowest BCUT2D eigenvalue weighted by Gasteiger charge is -2.24. The van der Waals surface area contributed by atoms with Gasteiger partial charge in [0, 0.05) is 13.1 Å². The Morgan fingerprint density at radius 2 is 2.19 bits per heavy atom. The molecule has 0 fully saturated rings. The number of halogens is 2. The number of urea groups is 1. The molecule has 2 N–H and O–H groups in total. The molecule has 0 radical (unpaired) electrons. The molecule has 1 atom stereocenters. The molecule has 0 aliphatic heterocycles. The van der Waals surface area contributed by atoms with Gasteiger partial charge in [0.05, 0.1) is 22.7 Å². The maximum atomic E-state index is 12.3. The molecule has 2 rings (SSSR count). The van der Waals surface area contributed by atoms with Gasteiger partial charge in [-0.1, -0.05) is 36.2 Å². The van der Waals surface area contributed by atoms with Crippen LogP contribution in [-0.4, -0.2) is 35.7 Å². The summed E-state index contributed by atoms with van der Waals surface area (Å²) in [4.78, 5) is 13.9. The third-order valence-electron chi connectivity index (χ3n) is 3.74. The normalized spacial score (nSPS) is 16.7. The lowest BCUT2D eigenvalue weighted by atomic mass is 10.1. The van der Waals surface area contributed by atoms with Crippen molar-refractivity contribution in [2.75, 3.05) is 19.7 Å². The van der Waals surface area contributed by atoms with Crippen molar-refractivity contribution in [1.82, 2.24) is 10.2 Å². The number of nitrogens with zero attached hydrogens (tertiary/aromatic N) is 1. The number of nitrogens with one attached hydrogen (secondary N) is 1. The molecule has 0 bridgehead atoms. The highest BCUT2D eigenvalue weighted by Gasteiger charge is 2.27. The summed E-state index contributed by atoms with van der Waals surface area (Å²) in [5.41, 5.74) is 2.07. The molecule has 0 heterocycles. The molecule has 0 saturated carbocycles. The molecule has 6 heteroatoms. The van der Waals surface area contributed by atoms with Gasteiger partial charge in [-0.05, 0) is 36.5 Å². The predicted octanol–water partition coefficient (Wildman–Crippen LogP) is 3.39. The Morgan fingerprint density at radius 3 is 2.86 bits per heavy atom. The van der Waals surface area contributed by atoms with Crippen LogP contribution in [-0.2, 0) is 6.42 Å². The van der Waals surface area contributed by atoms with Gasteiger partial charge in [0.2, 0.25) is 0 Å². The van der Waals surface area contributed by atoms with Gasteiger partial charge in [0.25, 0.3) is 0 Å². The molecule has 21 heavy (non-hydrogen) atoms. The molecule has 1 aliphatic rings. The molecule has 1 aliphatic carbocycles. The quantitative estimate of drug-likeness (QED) is 0.869. The Morgan fingerprint density at radius 1 is 1.43 bits per heavy atom. The summed E-state index contributed by atoms with van der Waals surface area (Å²) in [5.74, 6) is 0. The first-order valence-electron chi connectivity index (χ1n) is 7.21. The van der Waals surface area contributed by atoms with E-state index in [2.05, 4.69) is 5.32 Å². The number of aliphatic hydroxyl groups is 1.